The topological polar surface area (TPSA) is 24.9 Å². The Morgan fingerprint density at radius 1 is 1.21 bits per heavy atom. The van der Waals surface area contributed by atoms with E-state index in [2.05, 4.69) is 24.1 Å². The Labute approximate surface area is 113 Å². The quantitative estimate of drug-likeness (QED) is 0.890. The summed E-state index contributed by atoms with van der Waals surface area (Å²) in [7, 11) is 0. The molecular weight excluding hydrogens is 239 g/mol. The van der Waals surface area contributed by atoms with E-state index in [-0.39, 0.29) is 5.82 Å². The van der Waals surface area contributed by atoms with Gasteiger partial charge in [0.1, 0.15) is 5.82 Å². The molecule has 0 spiro atoms. The van der Waals surface area contributed by atoms with Crippen molar-refractivity contribution in [2.24, 2.45) is 0 Å². The highest BCUT2D eigenvalue weighted by Crippen LogP contribution is 2.14. The van der Waals surface area contributed by atoms with Crippen molar-refractivity contribution < 1.29 is 4.39 Å². The van der Waals surface area contributed by atoms with Crippen molar-refractivity contribution in [3.8, 4) is 0 Å². The lowest BCUT2D eigenvalue weighted by Crippen LogP contribution is -2.22. The van der Waals surface area contributed by atoms with Gasteiger partial charge in [0.15, 0.2) is 0 Å². The van der Waals surface area contributed by atoms with Gasteiger partial charge in [-0.25, -0.2) is 4.39 Å². The maximum atomic E-state index is 13.7. The van der Waals surface area contributed by atoms with Gasteiger partial charge in [-0.3, -0.25) is 4.98 Å². The zero-order valence-corrected chi connectivity index (χ0v) is 11.4. The fourth-order valence-corrected chi connectivity index (χ4v) is 1.93. The first-order chi connectivity index (χ1) is 9.15. The van der Waals surface area contributed by atoms with Gasteiger partial charge in [-0.05, 0) is 29.7 Å². The van der Waals surface area contributed by atoms with Gasteiger partial charge in [-0.1, -0.05) is 32.0 Å². The predicted octanol–water partition coefficient (Wildman–Crippen LogP) is 3.31. The molecule has 2 rings (SSSR count). The molecule has 1 heterocycles. The number of nitrogens with one attached hydrogen (secondary N) is 1. The van der Waals surface area contributed by atoms with Gasteiger partial charge in [-0.2, -0.15) is 0 Å². The zero-order valence-electron chi connectivity index (χ0n) is 11.4. The Morgan fingerprint density at radius 2 is 2.05 bits per heavy atom. The number of pyridine rings is 1. The van der Waals surface area contributed by atoms with Gasteiger partial charge < -0.3 is 5.32 Å². The highest BCUT2D eigenvalue weighted by Gasteiger charge is 2.05. The highest BCUT2D eigenvalue weighted by atomic mass is 19.1. The zero-order chi connectivity index (χ0) is 13.7. The van der Waals surface area contributed by atoms with Crippen LogP contribution in [-0.4, -0.2) is 11.0 Å². The third kappa shape index (κ3) is 4.14. The van der Waals surface area contributed by atoms with Crippen LogP contribution in [0.4, 0.5) is 4.39 Å². The van der Waals surface area contributed by atoms with Gasteiger partial charge in [-0.15, -0.1) is 0 Å². The number of rotatable bonds is 5. The minimum absolute atomic E-state index is 0.150. The molecule has 0 saturated carbocycles. The lowest BCUT2D eigenvalue weighted by molar-refractivity contribution is 0.552. The summed E-state index contributed by atoms with van der Waals surface area (Å²) in [5, 5.41) is 3.24. The molecule has 0 atom stereocenters. The predicted molar refractivity (Wildman–Crippen MR) is 75.4 cm³/mol. The van der Waals surface area contributed by atoms with Crippen LogP contribution in [0.5, 0.6) is 0 Å². The molecule has 0 unspecified atom stereocenters. The van der Waals surface area contributed by atoms with Gasteiger partial charge in [0, 0.05) is 30.5 Å². The molecule has 2 aromatic rings. The number of nitrogens with zero attached hydrogens (tertiary/aromatic N) is 1. The van der Waals surface area contributed by atoms with E-state index < -0.39 is 0 Å². The van der Waals surface area contributed by atoms with E-state index in [0.29, 0.717) is 12.6 Å². The maximum Gasteiger partial charge on any atom is 0.127 e. The number of hydrogen-bond acceptors (Lipinski definition) is 2. The van der Waals surface area contributed by atoms with E-state index in [1.54, 1.807) is 12.3 Å². The normalized spacial score (nSPS) is 10.9. The SMILES string of the molecule is CC(C)NCc1cc(Cc2cccnc2)ccc1F. The van der Waals surface area contributed by atoms with Crippen LogP contribution in [-0.2, 0) is 13.0 Å². The Hall–Kier alpha value is -1.74. The minimum Gasteiger partial charge on any atom is -0.310 e. The third-order valence-electron chi connectivity index (χ3n) is 2.94. The summed E-state index contributed by atoms with van der Waals surface area (Å²) in [6, 6.07) is 9.60. The molecule has 1 aromatic carbocycles. The van der Waals surface area contributed by atoms with Crippen LogP contribution in [0.15, 0.2) is 42.7 Å². The van der Waals surface area contributed by atoms with E-state index in [1.165, 1.54) is 0 Å². The molecule has 19 heavy (non-hydrogen) atoms. The van der Waals surface area contributed by atoms with Crippen molar-refractivity contribution in [2.45, 2.75) is 32.9 Å². The molecule has 2 nitrogen and oxygen atoms in total. The molecule has 0 radical (unpaired) electrons. The molecule has 0 aliphatic carbocycles. The first-order valence-electron chi connectivity index (χ1n) is 6.55. The lowest BCUT2D eigenvalue weighted by atomic mass is 10.0. The van der Waals surface area contributed by atoms with Crippen LogP contribution in [0, 0.1) is 5.82 Å². The molecular formula is C16H19FN2. The lowest BCUT2D eigenvalue weighted by Gasteiger charge is -2.10. The Kier molecular flexibility index (Phi) is 4.63. The van der Waals surface area contributed by atoms with Gasteiger partial charge in [0.25, 0.3) is 0 Å². The Bertz CT molecular complexity index is 524. The van der Waals surface area contributed by atoms with Crippen LogP contribution < -0.4 is 5.32 Å². The molecule has 0 fully saturated rings. The van der Waals surface area contributed by atoms with E-state index in [9.17, 15) is 4.39 Å². The summed E-state index contributed by atoms with van der Waals surface area (Å²) in [6.45, 7) is 4.67. The molecule has 0 saturated heterocycles. The van der Waals surface area contributed by atoms with E-state index >= 15 is 0 Å². The van der Waals surface area contributed by atoms with Crippen LogP contribution in [0.25, 0.3) is 0 Å². The van der Waals surface area contributed by atoms with Crippen molar-refractivity contribution in [1.82, 2.24) is 10.3 Å². The summed E-state index contributed by atoms with van der Waals surface area (Å²) in [5.41, 5.74) is 2.96. The standard InChI is InChI=1S/C16H19FN2/c1-12(2)19-11-15-9-13(5-6-16(15)17)8-14-4-3-7-18-10-14/h3-7,9-10,12,19H,8,11H2,1-2H3. The number of halogens is 1. The van der Waals surface area contributed by atoms with Crippen LogP contribution in [0.1, 0.15) is 30.5 Å². The number of aromatic nitrogens is 1. The smallest absolute Gasteiger partial charge is 0.127 e. The second kappa shape index (κ2) is 6.43. The van der Waals surface area contributed by atoms with Crippen LogP contribution in [0.2, 0.25) is 0 Å². The van der Waals surface area contributed by atoms with Gasteiger partial charge >= 0.3 is 0 Å². The summed E-state index contributed by atoms with van der Waals surface area (Å²) >= 11 is 0. The summed E-state index contributed by atoms with van der Waals surface area (Å²) in [4.78, 5) is 4.09. The molecule has 3 heteroatoms. The van der Waals surface area contributed by atoms with Gasteiger partial charge in [0.2, 0.25) is 0 Å². The van der Waals surface area contributed by atoms with E-state index in [0.717, 1.165) is 23.1 Å². The molecule has 0 aliphatic rings. The molecule has 1 N–H and O–H groups in total. The Balaban J connectivity index is 2.12. The summed E-state index contributed by atoms with van der Waals surface area (Å²) < 4.78 is 13.7. The largest absolute Gasteiger partial charge is 0.310 e. The first-order valence-corrected chi connectivity index (χ1v) is 6.55. The molecule has 0 bridgehead atoms. The minimum atomic E-state index is -0.150. The van der Waals surface area contributed by atoms with Gasteiger partial charge in [0.05, 0.1) is 0 Å². The second-order valence-corrected chi connectivity index (χ2v) is 5.00. The fraction of sp³-hybridized carbons (Fsp3) is 0.312. The molecule has 100 valence electrons. The van der Waals surface area contributed by atoms with Crippen LogP contribution >= 0.6 is 0 Å². The average Bonchev–Trinajstić information content (AvgIpc) is 2.40. The molecule has 0 amide bonds. The number of benzene rings is 1. The average molecular weight is 258 g/mol. The van der Waals surface area contributed by atoms with E-state index in [1.807, 2.05) is 30.5 Å². The summed E-state index contributed by atoms with van der Waals surface area (Å²) in [5.74, 6) is -0.150. The fourth-order valence-electron chi connectivity index (χ4n) is 1.93. The monoisotopic (exact) mass is 258 g/mol. The second-order valence-electron chi connectivity index (χ2n) is 5.00. The van der Waals surface area contributed by atoms with E-state index in [4.69, 9.17) is 0 Å². The van der Waals surface area contributed by atoms with Crippen molar-refractivity contribution in [3.63, 3.8) is 0 Å². The van der Waals surface area contributed by atoms with Crippen molar-refractivity contribution in [2.75, 3.05) is 0 Å². The highest BCUT2D eigenvalue weighted by molar-refractivity contribution is 5.29. The Morgan fingerprint density at radius 3 is 2.74 bits per heavy atom. The number of hydrogen-bond donors (Lipinski definition) is 1. The van der Waals surface area contributed by atoms with Crippen molar-refractivity contribution in [3.05, 3.63) is 65.2 Å². The first kappa shape index (κ1) is 13.7. The van der Waals surface area contributed by atoms with Crippen molar-refractivity contribution in [1.29, 1.82) is 0 Å². The molecule has 0 aliphatic heterocycles. The third-order valence-corrected chi connectivity index (χ3v) is 2.94. The molecule has 1 aromatic heterocycles. The summed E-state index contributed by atoms with van der Waals surface area (Å²) in [6.07, 6.45) is 4.38. The van der Waals surface area contributed by atoms with Crippen molar-refractivity contribution >= 4 is 0 Å². The maximum absolute atomic E-state index is 13.7. The van der Waals surface area contributed by atoms with Crippen LogP contribution in [0.3, 0.4) is 0 Å².